The van der Waals surface area contributed by atoms with Crippen molar-refractivity contribution in [1.82, 2.24) is 9.55 Å². The molecule has 8 heteroatoms. The van der Waals surface area contributed by atoms with Gasteiger partial charge in [0.1, 0.15) is 13.2 Å². The minimum absolute atomic E-state index is 0.0716. The Labute approximate surface area is 151 Å². The summed E-state index contributed by atoms with van der Waals surface area (Å²) in [5.74, 6) is -0.649. The Bertz CT molecular complexity index is 1060. The number of carbonyl (C=O) groups is 1. The zero-order valence-electron chi connectivity index (χ0n) is 12.8. The van der Waals surface area contributed by atoms with Gasteiger partial charge in [-0.05, 0) is 17.7 Å². The lowest BCUT2D eigenvalue weighted by Crippen LogP contribution is -2.38. The van der Waals surface area contributed by atoms with Crippen molar-refractivity contribution in [2.75, 3.05) is 0 Å². The number of rotatable bonds is 4. The van der Waals surface area contributed by atoms with Crippen LogP contribution in [-0.2, 0) is 22.7 Å². The summed E-state index contributed by atoms with van der Waals surface area (Å²) in [7, 11) is 0. The van der Waals surface area contributed by atoms with Crippen molar-refractivity contribution >= 4 is 40.2 Å². The molecule has 0 bridgehead atoms. The molecular weight excluding hydrogens is 367 g/mol. The number of ether oxygens (including phenoxy) is 1. The van der Waals surface area contributed by atoms with Gasteiger partial charge in [0.25, 0.3) is 0 Å². The molecule has 0 saturated heterocycles. The quantitative estimate of drug-likeness (QED) is 0.558. The van der Waals surface area contributed by atoms with E-state index in [9.17, 15) is 14.4 Å². The van der Waals surface area contributed by atoms with Crippen LogP contribution >= 0.6 is 23.2 Å². The Morgan fingerprint density at radius 2 is 1.76 bits per heavy atom. The van der Waals surface area contributed by atoms with Crippen LogP contribution in [-0.4, -0.2) is 15.5 Å². The fraction of sp³-hybridized carbons (Fsp3) is 0.118. The highest BCUT2D eigenvalue weighted by Crippen LogP contribution is 2.25. The van der Waals surface area contributed by atoms with E-state index in [1.807, 2.05) is 30.3 Å². The number of aromatic nitrogens is 2. The zero-order chi connectivity index (χ0) is 18.0. The van der Waals surface area contributed by atoms with Gasteiger partial charge in [0.15, 0.2) is 0 Å². The average molecular weight is 379 g/mol. The van der Waals surface area contributed by atoms with Crippen LogP contribution in [0, 0.1) is 0 Å². The highest BCUT2D eigenvalue weighted by molar-refractivity contribution is 6.42. The molecule has 1 aromatic heterocycles. The smallest absolute Gasteiger partial charge is 0.326 e. The number of hydrogen-bond donors (Lipinski definition) is 1. The van der Waals surface area contributed by atoms with E-state index in [-0.39, 0.29) is 22.2 Å². The predicted octanol–water partition coefficient (Wildman–Crippen LogP) is 2.74. The molecule has 3 rings (SSSR count). The molecule has 0 amide bonds. The van der Waals surface area contributed by atoms with Crippen LogP contribution in [0.3, 0.4) is 0 Å². The third-order valence-electron chi connectivity index (χ3n) is 3.55. The van der Waals surface area contributed by atoms with Crippen LogP contribution in [0.5, 0.6) is 0 Å². The lowest BCUT2D eigenvalue weighted by atomic mass is 10.2. The second-order valence-electron chi connectivity index (χ2n) is 5.28. The number of fused-ring (bicyclic) bond motifs is 1. The van der Waals surface area contributed by atoms with E-state index < -0.39 is 23.6 Å². The molecule has 0 saturated carbocycles. The van der Waals surface area contributed by atoms with Gasteiger partial charge >= 0.3 is 17.1 Å². The van der Waals surface area contributed by atoms with E-state index in [0.29, 0.717) is 5.52 Å². The van der Waals surface area contributed by atoms with Gasteiger partial charge in [0.05, 0.1) is 21.1 Å². The van der Waals surface area contributed by atoms with Crippen LogP contribution in [0.15, 0.2) is 52.1 Å². The first-order valence-corrected chi connectivity index (χ1v) is 8.02. The van der Waals surface area contributed by atoms with E-state index in [1.54, 1.807) is 0 Å². The topological polar surface area (TPSA) is 81.2 Å². The van der Waals surface area contributed by atoms with Crippen molar-refractivity contribution in [1.29, 1.82) is 0 Å². The summed E-state index contributed by atoms with van der Waals surface area (Å²) in [5.41, 5.74) is -0.330. The highest BCUT2D eigenvalue weighted by Gasteiger charge is 2.14. The van der Waals surface area contributed by atoms with Crippen LogP contribution < -0.4 is 11.1 Å². The first kappa shape index (κ1) is 17.3. The molecule has 0 aliphatic heterocycles. The Morgan fingerprint density at radius 3 is 2.48 bits per heavy atom. The summed E-state index contributed by atoms with van der Waals surface area (Å²) >= 11 is 11.9. The third-order valence-corrected chi connectivity index (χ3v) is 4.27. The maximum absolute atomic E-state index is 12.1. The van der Waals surface area contributed by atoms with Crippen molar-refractivity contribution < 1.29 is 9.53 Å². The summed E-state index contributed by atoms with van der Waals surface area (Å²) < 4.78 is 6.18. The molecule has 0 spiro atoms. The number of nitrogens with one attached hydrogen (secondary N) is 1. The molecule has 1 heterocycles. The van der Waals surface area contributed by atoms with Crippen molar-refractivity contribution in [3.8, 4) is 0 Å². The fourth-order valence-corrected chi connectivity index (χ4v) is 2.66. The lowest BCUT2D eigenvalue weighted by Gasteiger charge is -2.10. The predicted molar refractivity (Wildman–Crippen MR) is 95.1 cm³/mol. The maximum Gasteiger partial charge on any atom is 0.326 e. The number of hydrogen-bond acceptors (Lipinski definition) is 4. The molecule has 0 radical (unpaired) electrons. The minimum atomic E-state index is -0.873. The summed E-state index contributed by atoms with van der Waals surface area (Å²) in [5, 5.41) is 0.425. The number of nitrogens with zero attached hydrogens (tertiary/aromatic N) is 1. The van der Waals surface area contributed by atoms with Gasteiger partial charge in [-0.25, -0.2) is 0 Å². The van der Waals surface area contributed by atoms with Gasteiger partial charge in [-0.15, -0.1) is 0 Å². The summed E-state index contributed by atoms with van der Waals surface area (Å²) in [6, 6.07) is 12.0. The third kappa shape index (κ3) is 3.75. The van der Waals surface area contributed by atoms with Gasteiger partial charge in [0, 0.05) is 0 Å². The van der Waals surface area contributed by atoms with Gasteiger partial charge in [-0.3, -0.25) is 19.0 Å². The average Bonchev–Trinajstić information content (AvgIpc) is 2.60. The Morgan fingerprint density at radius 1 is 1.08 bits per heavy atom. The Balaban J connectivity index is 1.91. The van der Waals surface area contributed by atoms with Gasteiger partial charge in [-0.1, -0.05) is 53.5 Å². The summed E-state index contributed by atoms with van der Waals surface area (Å²) in [6.07, 6.45) is 0. The van der Waals surface area contributed by atoms with Gasteiger partial charge in [0.2, 0.25) is 0 Å². The van der Waals surface area contributed by atoms with Gasteiger partial charge in [-0.2, -0.15) is 0 Å². The number of H-pyrrole nitrogens is 1. The van der Waals surface area contributed by atoms with Crippen molar-refractivity contribution in [2.45, 2.75) is 13.2 Å². The van der Waals surface area contributed by atoms with Crippen LogP contribution in [0.4, 0.5) is 0 Å². The summed E-state index contributed by atoms with van der Waals surface area (Å²) in [4.78, 5) is 38.4. The zero-order valence-corrected chi connectivity index (χ0v) is 14.3. The van der Waals surface area contributed by atoms with E-state index >= 15 is 0 Å². The number of aromatic amines is 1. The maximum atomic E-state index is 12.1. The van der Waals surface area contributed by atoms with Gasteiger partial charge < -0.3 is 9.72 Å². The molecule has 0 atom stereocenters. The molecule has 0 aliphatic rings. The number of benzene rings is 2. The van der Waals surface area contributed by atoms with E-state index in [2.05, 4.69) is 4.98 Å². The van der Waals surface area contributed by atoms with Crippen molar-refractivity contribution in [3.63, 3.8) is 0 Å². The molecule has 1 N–H and O–H groups in total. The van der Waals surface area contributed by atoms with Crippen LogP contribution in [0.2, 0.25) is 10.0 Å². The molecule has 3 aromatic rings. The molecule has 0 fully saturated rings. The number of esters is 1. The Kier molecular flexibility index (Phi) is 4.92. The molecule has 128 valence electrons. The molecule has 0 aliphatic carbocycles. The first-order valence-electron chi connectivity index (χ1n) is 7.27. The van der Waals surface area contributed by atoms with Crippen molar-refractivity contribution in [2.24, 2.45) is 0 Å². The van der Waals surface area contributed by atoms with E-state index in [4.69, 9.17) is 27.9 Å². The Hall–Kier alpha value is -2.57. The lowest BCUT2D eigenvalue weighted by molar-refractivity contribution is -0.145. The highest BCUT2D eigenvalue weighted by atomic mass is 35.5. The fourth-order valence-electron chi connectivity index (χ4n) is 2.34. The second-order valence-corrected chi connectivity index (χ2v) is 6.09. The van der Waals surface area contributed by atoms with Crippen LogP contribution in [0.1, 0.15) is 5.56 Å². The second kappa shape index (κ2) is 7.13. The molecule has 25 heavy (non-hydrogen) atoms. The van der Waals surface area contributed by atoms with Crippen molar-refractivity contribution in [3.05, 3.63) is 78.8 Å². The SMILES string of the molecule is O=C(Cn1c(=O)c(=O)[nH]c2cc(Cl)c(Cl)cc21)OCc1ccccc1. The normalized spacial score (nSPS) is 10.8. The largest absolute Gasteiger partial charge is 0.459 e. The van der Waals surface area contributed by atoms with Crippen LogP contribution in [0.25, 0.3) is 11.0 Å². The van der Waals surface area contributed by atoms with E-state index in [1.165, 1.54) is 12.1 Å². The molecule has 0 unspecified atom stereocenters. The number of halogens is 2. The molecule has 2 aromatic carbocycles. The van der Waals surface area contributed by atoms with E-state index in [0.717, 1.165) is 10.1 Å². The first-order chi connectivity index (χ1) is 12.0. The monoisotopic (exact) mass is 378 g/mol. The molecular formula is C17H12Cl2N2O4. The number of carbonyl (C=O) groups excluding carboxylic acids is 1. The standard InChI is InChI=1S/C17H12Cl2N2O4/c18-11-6-13-14(7-12(11)19)21(17(24)16(23)20-13)8-15(22)25-9-10-4-2-1-3-5-10/h1-7H,8-9H2,(H,20,23). The minimum Gasteiger partial charge on any atom is -0.459 e. The summed E-state index contributed by atoms with van der Waals surface area (Å²) in [6.45, 7) is -0.341. The molecule has 6 nitrogen and oxygen atoms in total.